The second kappa shape index (κ2) is 5.19. The summed E-state index contributed by atoms with van der Waals surface area (Å²) in [7, 11) is 0. The first-order valence-electron chi connectivity index (χ1n) is 9.01. The Morgan fingerprint density at radius 1 is 1.12 bits per heavy atom. The lowest BCUT2D eigenvalue weighted by Gasteiger charge is -2.29. The molecule has 3 heterocycles. The van der Waals surface area contributed by atoms with E-state index in [9.17, 15) is 4.79 Å². The smallest absolute Gasteiger partial charge is 0.271 e. The quantitative estimate of drug-likeness (QED) is 0.713. The zero-order chi connectivity index (χ0) is 17.1. The number of hydrogen-bond acceptors (Lipinski definition) is 2. The Morgan fingerprint density at radius 2 is 1.96 bits per heavy atom. The van der Waals surface area contributed by atoms with Crippen molar-refractivity contribution in [3.8, 4) is 11.1 Å². The fourth-order valence-corrected chi connectivity index (χ4v) is 4.16. The number of carbonyl (C=O) groups excluding carboxylic acids is 1. The molecule has 126 valence electrons. The fraction of sp³-hybridized carbons (Fsp3) is 0.333. The summed E-state index contributed by atoms with van der Waals surface area (Å²) in [5.74, 6) is 0.168. The molecule has 2 aromatic heterocycles. The van der Waals surface area contributed by atoms with Gasteiger partial charge in [-0.05, 0) is 49.9 Å². The van der Waals surface area contributed by atoms with Gasteiger partial charge in [0, 0.05) is 30.9 Å². The van der Waals surface area contributed by atoms with Crippen LogP contribution < -0.4 is 0 Å². The lowest BCUT2D eigenvalue weighted by Crippen LogP contribution is -2.41. The van der Waals surface area contributed by atoms with Gasteiger partial charge in [-0.1, -0.05) is 23.8 Å². The van der Waals surface area contributed by atoms with E-state index in [1.54, 1.807) is 0 Å². The maximum Gasteiger partial charge on any atom is 0.271 e. The maximum atomic E-state index is 13.3. The molecule has 4 heteroatoms. The molecule has 0 unspecified atom stereocenters. The number of benzene rings is 1. The molecule has 1 aliphatic carbocycles. The lowest BCUT2D eigenvalue weighted by molar-refractivity contribution is 0.0694. The summed E-state index contributed by atoms with van der Waals surface area (Å²) in [5.41, 5.74) is 7.37. The summed E-state index contributed by atoms with van der Waals surface area (Å²) in [6.07, 6.45) is 4.11. The molecule has 2 aliphatic rings. The van der Waals surface area contributed by atoms with Crippen LogP contribution in [-0.4, -0.2) is 32.9 Å². The molecular weight excluding hydrogens is 310 g/mol. The van der Waals surface area contributed by atoms with Crippen molar-refractivity contribution in [2.45, 2.75) is 39.3 Å². The summed E-state index contributed by atoms with van der Waals surface area (Å²) in [6, 6.07) is 10.9. The molecule has 0 saturated heterocycles. The minimum absolute atomic E-state index is 0.168. The van der Waals surface area contributed by atoms with Gasteiger partial charge in [0.05, 0.1) is 11.0 Å². The van der Waals surface area contributed by atoms with Crippen LogP contribution in [0.3, 0.4) is 0 Å². The van der Waals surface area contributed by atoms with Crippen LogP contribution in [0.4, 0.5) is 0 Å². The lowest BCUT2D eigenvalue weighted by atomic mass is 9.97. The first-order valence-corrected chi connectivity index (χ1v) is 9.01. The highest BCUT2D eigenvalue weighted by molar-refractivity contribution is 6.10. The van der Waals surface area contributed by atoms with Crippen molar-refractivity contribution in [3.63, 3.8) is 0 Å². The summed E-state index contributed by atoms with van der Waals surface area (Å²) in [5, 5.41) is 0. The van der Waals surface area contributed by atoms with Crippen LogP contribution in [0, 0.1) is 13.8 Å². The van der Waals surface area contributed by atoms with E-state index in [4.69, 9.17) is 0 Å². The maximum absolute atomic E-state index is 13.3. The van der Waals surface area contributed by atoms with Crippen LogP contribution >= 0.6 is 0 Å². The molecule has 1 fully saturated rings. The Morgan fingerprint density at radius 3 is 2.72 bits per heavy atom. The van der Waals surface area contributed by atoms with Gasteiger partial charge in [0.2, 0.25) is 0 Å². The van der Waals surface area contributed by atoms with Gasteiger partial charge in [0.1, 0.15) is 5.69 Å². The number of aryl methyl sites for hydroxylation is 2. The molecular formula is C21H21N3O. The Bertz CT molecular complexity index is 1010. The van der Waals surface area contributed by atoms with E-state index in [1.165, 1.54) is 11.1 Å². The van der Waals surface area contributed by atoms with Gasteiger partial charge in [0.15, 0.2) is 0 Å². The van der Waals surface area contributed by atoms with E-state index in [0.717, 1.165) is 53.8 Å². The first-order chi connectivity index (χ1) is 12.1. The summed E-state index contributed by atoms with van der Waals surface area (Å²) in [6.45, 7) is 5.88. The topological polar surface area (TPSA) is 38.1 Å². The second-order valence-electron chi connectivity index (χ2n) is 7.29. The largest absolute Gasteiger partial charge is 0.333 e. The minimum atomic E-state index is 0.168. The van der Waals surface area contributed by atoms with Gasteiger partial charge in [-0.25, -0.2) is 0 Å². The zero-order valence-corrected chi connectivity index (χ0v) is 14.6. The fourth-order valence-electron chi connectivity index (χ4n) is 4.16. The molecule has 0 atom stereocenters. The van der Waals surface area contributed by atoms with Gasteiger partial charge < -0.3 is 9.47 Å². The molecule has 0 radical (unpaired) electrons. The number of hydrogen-bond donors (Lipinski definition) is 0. The number of amides is 1. The molecule has 1 aromatic carbocycles. The normalized spacial score (nSPS) is 17.2. The van der Waals surface area contributed by atoms with Gasteiger partial charge >= 0.3 is 0 Å². The summed E-state index contributed by atoms with van der Waals surface area (Å²) < 4.78 is 2.18. The molecule has 0 spiro atoms. The van der Waals surface area contributed by atoms with Crippen LogP contribution in [0.25, 0.3) is 22.2 Å². The van der Waals surface area contributed by atoms with Gasteiger partial charge in [0.25, 0.3) is 5.91 Å². The van der Waals surface area contributed by atoms with E-state index < -0.39 is 0 Å². The van der Waals surface area contributed by atoms with E-state index >= 15 is 0 Å². The number of aromatic nitrogens is 2. The Balaban J connectivity index is 1.82. The van der Waals surface area contributed by atoms with E-state index in [-0.39, 0.29) is 5.91 Å². The first kappa shape index (κ1) is 14.7. The van der Waals surface area contributed by atoms with Crippen LogP contribution in [0.1, 0.15) is 34.5 Å². The van der Waals surface area contributed by atoms with Crippen LogP contribution in [-0.2, 0) is 6.54 Å². The number of rotatable bonds is 2. The summed E-state index contributed by atoms with van der Waals surface area (Å²) in [4.78, 5) is 20.0. The van der Waals surface area contributed by atoms with Crippen LogP contribution in [0.15, 0.2) is 36.5 Å². The molecule has 3 aromatic rings. The average molecular weight is 331 g/mol. The Kier molecular flexibility index (Phi) is 3.05. The molecule has 1 saturated carbocycles. The van der Waals surface area contributed by atoms with Crippen LogP contribution in [0.2, 0.25) is 0 Å². The van der Waals surface area contributed by atoms with Gasteiger partial charge in [-0.3, -0.25) is 9.78 Å². The van der Waals surface area contributed by atoms with E-state index in [1.807, 2.05) is 12.3 Å². The van der Waals surface area contributed by atoms with Crippen molar-refractivity contribution in [1.82, 2.24) is 14.5 Å². The SMILES string of the molecule is Cc1ccc(-c2c3n(c4cccnc24)CCN(C2CC2)C3=O)c(C)c1. The monoisotopic (exact) mass is 331 g/mol. The van der Waals surface area contributed by atoms with Gasteiger partial charge in [-0.15, -0.1) is 0 Å². The number of fused-ring (bicyclic) bond motifs is 3. The van der Waals surface area contributed by atoms with Crippen molar-refractivity contribution in [3.05, 3.63) is 53.3 Å². The van der Waals surface area contributed by atoms with Crippen molar-refractivity contribution in [2.75, 3.05) is 6.54 Å². The summed E-state index contributed by atoms with van der Waals surface area (Å²) >= 11 is 0. The third kappa shape index (κ3) is 2.13. The van der Waals surface area contributed by atoms with Crippen molar-refractivity contribution in [2.24, 2.45) is 0 Å². The highest BCUT2D eigenvalue weighted by Crippen LogP contribution is 2.40. The molecule has 0 N–H and O–H groups in total. The highest BCUT2D eigenvalue weighted by Gasteiger charge is 2.39. The van der Waals surface area contributed by atoms with Crippen LogP contribution in [0.5, 0.6) is 0 Å². The molecule has 1 aliphatic heterocycles. The Hall–Kier alpha value is -2.62. The molecule has 5 rings (SSSR count). The number of pyridine rings is 1. The van der Waals surface area contributed by atoms with Crippen molar-refractivity contribution in [1.29, 1.82) is 0 Å². The van der Waals surface area contributed by atoms with E-state index in [0.29, 0.717) is 6.04 Å². The minimum Gasteiger partial charge on any atom is -0.333 e. The van der Waals surface area contributed by atoms with Gasteiger partial charge in [-0.2, -0.15) is 0 Å². The number of carbonyl (C=O) groups is 1. The number of nitrogens with zero attached hydrogens (tertiary/aromatic N) is 3. The van der Waals surface area contributed by atoms with E-state index in [2.05, 4.69) is 52.6 Å². The molecule has 25 heavy (non-hydrogen) atoms. The predicted octanol–water partition coefficient (Wildman–Crippen LogP) is 3.94. The highest BCUT2D eigenvalue weighted by atomic mass is 16.2. The van der Waals surface area contributed by atoms with Crippen molar-refractivity contribution >= 4 is 16.9 Å². The Labute approximate surface area is 147 Å². The zero-order valence-electron chi connectivity index (χ0n) is 14.6. The second-order valence-corrected chi connectivity index (χ2v) is 7.29. The molecule has 4 nitrogen and oxygen atoms in total. The third-order valence-corrected chi connectivity index (χ3v) is 5.49. The average Bonchev–Trinajstić information content (AvgIpc) is 3.38. The molecule has 1 amide bonds. The van der Waals surface area contributed by atoms with Crippen molar-refractivity contribution < 1.29 is 4.79 Å². The molecule has 0 bridgehead atoms. The standard InChI is InChI=1S/C21H21N3O/c1-13-5-8-16(14(2)12-13)18-19-17(4-3-9-22-19)24-11-10-23(15-6-7-15)21(25)20(18)24/h3-5,8-9,12,15H,6-7,10-11H2,1-2H3. The third-order valence-electron chi connectivity index (χ3n) is 5.49. The predicted molar refractivity (Wildman–Crippen MR) is 98.7 cm³/mol.